The van der Waals surface area contributed by atoms with E-state index in [-0.39, 0.29) is 11.8 Å². The zero-order valence-electron chi connectivity index (χ0n) is 20.3. The molecule has 35 heavy (non-hydrogen) atoms. The van der Waals surface area contributed by atoms with Gasteiger partial charge < -0.3 is 10.2 Å². The fourth-order valence-corrected chi connectivity index (χ4v) is 6.52. The zero-order chi connectivity index (χ0) is 24.6. The lowest BCUT2D eigenvalue weighted by atomic mass is 9.96. The Morgan fingerprint density at radius 1 is 0.943 bits per heavy atom. The van der Waals surface area contributed by atoms with Crippen LogP contribution in [0, 0.1) is 19.8 Å². The Hall–Kier alpha value is -2.97. The number of pyridine rings is 1. The summed E-state index contributed by atoms with van der Waals surface area (Å²) in [6.45, 7) is 6.73. The maximum atomic E-state index is 13.0. The molecule has 2 fully saturated rings. The van der Waals surface area contributed by atoms with Gasteiger partial charge in [0.2, 0.25) is 15.9 Å². The van der Waals surface area contributed by atoms with Crippen LogP contribution in [0.3, 0.4) is 0 Å². The van der Waals surface area contributed by atoms with E-state index in [1.165, 1.54) is 5.56 Å². The maximum Gasteiger partial charge on any atom is 0.243 e. The third-order valence-electron chi connectivity index (χ3n) is 7.24. The number of piperidine rings is 1. The number of benzene rings is 2. The van der Waals surface area contributed by atoms with Crippen molar-refractivity contribution >= 4 is 38.3 Å². The lowest BCUT2D eigenvalue weighted by Gasteiger charge is -2.33. The van der Waals surface area contributed by atoms with Crippen molar-refractivity contribution in [1.29, 1.82) is 0 Å². The van der Waals surface area contributed by atoms with E-state index in [9.17, 15) is 13.2 Å². The Morgan fingerprint density at radius 2 is 1.74 bits per heavy atom. The lowest BCUT2D eigenvalue weighted by molar-refractivity contribution is -0.120. The number of nitrogens with one attached hydrogen (secondary N) is 1. The van der Waals surface area contributed by atoms with Crippen molar-refractivity contribution < 1.29 is 13.2 Å². The predicted octanol–water partition coefficient (Wildman–Crippen LogP) is 4.49. The summed E-state index contributed by atoms with van der Waals surface area (Å²) in [5.41, 5.74) is 3.95. The molecular weight excluding hydrogens is 460 g/mol. The number of fused-ring (bicyclic) bond motifs is 1. The monoisotopic (exact) mass is 492 g/mol. The first-order chi connectivity index (χ1) is 16.8. The number of sulfonamides is 1. The first-order valence-corrected chi connectivity index (χ1v) is 13.8. The van der Waals surface area contributed by atoms with E-state index >= 15 is 0 Å². The van der Waals surface area contributed by atoms with Gasteiger partial charge in [-0.1, -0.05) is 6.07 Å². The molecule has 7 nitrogen and oxygen atoms in total. The molecule has 0 aliphatic carbocycles. The van der Waals surface area contributed by atoms with E-state index in [1.807, 2.05) is 37.3 Å². The van der Waals surface area contributed by atoms with Crippen LogP contribution in [0.25, 0.3) is 10.9 Å². The van der Waals surface area contributed by atoms with Gasteiger partial charge in [-0.3, -0.25) is 4.79 Å². The molecule has 0 spiro atoms. The van der Waals surface area contributed by atoms with Crippen LogP contribution in [0.5, 0.6) is 0 Å². The minimum Gasteiger partial charge on any atom is -0.356 e. The highest BCUT2D eigenvalue weighted by Gasteiger charge is 2.28. The Kier molecular flexibility index (Phi) is 6.51. The third-order valence-corrected chi connectivity index (χ3v) is 9.13. The molecule has 0 saturated carbocycles. The Morgan fingerprint density at radius 3 is 2.51 bits per heavy atom. The second-order valence-corrected chi connectivity index (χ2v) is 11.6. The average molecular weight is 493 g/mol. The summed E-state index contributed by atoms with van der Waals surface area (Å²) in [6, 6.07) is 15.0. The Labute approximate surface area is 207 Å². The van der Waals surface area contributed by atoms with E-state index < -0.39 is 10.0 Å². The van der Waals surface area contributed by atoms with E-state index in [2.05, 4.69) is 17.1 Å². The number of amides is 1. The van der Waals surface area contributed by atoms with Gasteiger partial charge in [-0.15, -0.1) is 0 Å². The molecule has 2 aliphatic rings. The molecule has 5 rings (SSSR count). The van der Waals surface area contributed by atoms with Crippen molar-refractivity contribution in [3.8, 4) is 0 Å². The van der Waals surface area contributed by atoms with Gasteiger partial charge in [0.15, 0.2) is 0 Å². The molecule has 1 aromatic heterocycles. The minimum atomic E-state index is -3.46. The summed E-state index contributed by atoms with van der Waals surface area (Å²) in [6.07, 6.45) is 3.59. The second-order valence-electron chi connectivity index (χ2n) is 9.71. The largest absolute Gasteiger partial charge is 0.356 e. The van der Waals surface area contributed by atoms with E-state index in [1.54, 1.807) is 22.5 Å². The van der Waals surface area contributed by atoms with E-state index in [0.29, 0.717) is 24.5 Å². The van der Waals surface area contributed by atoms with Crippen LogP contribution >= 0.6 is 0 Å². The molecule has 1 atom stereocenters. The summed E-state index contributed by atoms with van der Waals surface area (Å²) >= 11 is 0. The van der Waals surface area contributed by atoms with Gasteiger partial charge in [0.25, 0.3) is 0 Å². The SMILES string of the molecule is Cc1ccc(NC(=O)[C@H]2CCCN(c3ccc4cc(S(=O)(=O)N5CCCC5)ccc4n3)C2)cc1C. The summed E-state index contributed by atoms with van der Waals surface area (Å²) in [5.74, 6) is 0.739. The molecule has 2 saturated heterocycles. The van der Waals surface area contributed by atoms with E-state index in [0.717, 1.165) is 60.2 Å². The summed E-state index contributed by atoms with van der Waals surface area (Å²) in [7, 11) is -3.46. The number of hydrogen-bond acceptors (Lipinski definition) is 5. The highest BCUT2D eigenvalue weighted by molar-refractivity contribution is 7.89. The van der Waals surface area contributed by atoms with Crippen molar-refractivity contribution in [1.82, 2.24) is 9.29 Å². The summed E-state index contributed by atoms with van der Waals surface area (Å²) in [4.78, 5) is 20.3. The highest BCUT2D eigenvalue weighted by atomic mass is 32.2. The molecule has 3 heterocycles. The Balaban J connectivity index is 1.31. The average Bonchev–Trinajstić information content (AvgIpc) is 3.42. The van der Waals surface area contributed by atoms with Crippen molar-refractivity contribution in [2.75, 3.05) is 36.4 Å². The maximum absolute atomic E-state index is 13.0. The van der Waals surface area contributed by atoms with Crippen LogP contribution < -0.4 is 10.2 Å². The highest BCUT2D eigenvalue weighted by Crippen LogP contribution is 2.28. The van der Waals surface area contributed by atoms with Gasteiger partial charge in [-0.05, 0) is 93.1 Å². The fraction of sp³-hybridized carbons (Fsp3) is 0.407. The third kappa shape index (κ3) is 4.90. The fourth-order valence-electron chi connectivity index (χ4n) is 4.97. The van der Waals surface area contributed by atoms with Crippen LogP contribution in [-0.4, -0.2) is 49.8 Å². The van der Waals surface area contributed by atoms with Crippen LogP contribution in [0.1, 0.15) is 36.8 Å². The van der Waals surface area contributed by atoms with Crippen LogP contribution in [0.2, 0.25) is 0 Å². The molecule has 3 aromatic rings. The molecule has 1 N–H and O–H groups in total. The number of nitrogens with zero attached hydrogens (tertiary/aromatic N) is 3. The predicted molar refractivity (Wildman–Crippen MR) is 139 cm³/mol. The smallest absolute Gasteiger partial charge is 0.243 e. The lowest BCUT2D eigenvalue weighted by Crippen LogP contribution is -2.41. The number of hydrogen-bond donors (Lipinski definition) is 1. The van der Waals surface area contributed by atoms with Crippen molar-refractivity contribution in [2.45, 2.75) is 44.4 Å². The van der Waals surface area contributed by atoms with Gasteiger partial charge in [0, 0.05) is 37.3 Å². The molecule has 0 unspecified atom stereocenters. The topological polar surface area (TPSA) is 82.6 Å². The quantitative estimate of drug-likeness (QED) is 0.567. The number of anilines is 2. The molecule has 0 radical (unpaired) electrons. The van der Waals surface area contributed by atoms with Gasteiger partial charge in [-0.2, -0.15) is 4.31 Å². The molecule has 1 amide bonds. The standard InChI is InChI=1S/C27H32N4O3S/c1-19-7-9-23(16-20(19)2)28-27(32)22-6-5-13-30(18-22)26-12-8-21-17-24(10-11-25(21)29-26)35(33,34)31-14-3-4-15-31/h7-12,16-17,22H,3-6,13-15,18H2,1-2H3,(H,28,32)/t22-/m0/s1. The molecule has 2 aliphatic heterocycles. The first kappa shape index (κ1) is 23.8. The number of carbonyl (C=O) groups is 1. The molecule has 184 valence electrons. The van der Waals surface area contributed by atoms with Gasteiger partial charge in [-0.25, -0.2) is 13.4 Å². The van der Waals surface area contributed by atoms with Crippen molar-refractivity contribution in [2.24, 2.45) is 5.92 Å². The molecule has 8 heteroatoms. The van der Waals surface area contributed by atoms with Crippen LogP contribution in [0.4, 0.5) is 11.5 Å². The minimum absolute atomic E-state index is 0.0375. The number of aryl methyl sites for hydroxylation is 2. The van der Waals surface area contributed by atoms with Gasteiger partial charge in [0.1, 0.15) is 5.82 Å². The van der Waals surface area contributed by atoms with Crippen molar-refractivity contribution in [3.05, 3.63) is 59.7 Å². The molecule has 2 aromatic carbocycles. The zero-order valence-corrected chi connectivity index (χ0v) is 21.1. The summed E-state index contributed by atoms with van der Waals surface area (Å²) in [5, 5.41) is 3.88. The van der Waals surface area contributed by atoms with Gasteiger partial charge >= 0.3 is 0 Å². The normalized spacial score (nSPS) is 19.3. The summed E-state index contributed by atoms with van der Waals surface area (Å²) < 4.78 is 27.4. The second kappa shape index (κ2) is 9.59. The number of rotatable bonds is 5. The molecular formula is C27H32N4O3S. The Bertz CT molecular complexity index is 1370. The first-order valence-electron chi connectivity index (χ1n) is 12.4. The number of carbonyl (C=O) groups excluding carboxylic acids is 1. The van der Waals surface area contributed by atoms with E-state index in [4.69, 9.17) is 4.98 Å². The molecule has 0 bridgehead atoms. The van der Waals surface area contributed by atoms with Crippen molar-refractivity contribution in [3.63, 3.8) is 0 Å². The van der Waals surface area contributed by atoms with Crippen LogP contribution in [0.15, 0.2) is 53.4 Å². The van der Waals surface area contributed by atoms with Gasteiger partial charge in [0.05, 0.1) is 16.3 Å². The van der Waals surface area contributed by atoms with Crippen LogP contribution in [-0.2, 0) is 14.8 Å². The number of aromatic nitrogens is 1.